The van der Waals surface area contributed by atoms with E-state index in [1.54, 1.807) is 12.5 Å². The largest absolute Gasteiger partial charge is 0.378 e. The van der Waals surface area contributed by atoms with Gasteiger partial charge in [0.05, 0.1) is 24.4 Å². The topological polar surface area (TPSA) is 56.1 Å². The van der Waals surface area contributed by atoms with E-state index in [4.69, 9.17) is 4.74 Å². The van der Waals surface area contributed by atoms with Crippen LogP contribution in [0.1, 0.15) is 15.2 Å². The first-order valence-electron chi connectivity index (χ1n) is 6.12. The maximum Gasteiger partial charge on any atom is 0.261 e. The second kappa shape index (κ2) is 7.06. The Balaban J connectivity index is 1.55. The van der Waals surface area contributed by atoms with Crippen molar-refractivity contribution in [3.05, 3.63) is 40.6 Å². The molecular weight excluding hydrogens is 262 g/mol. The molecule has 0 aliphatic rings. The molecule has 1 N–H and O–H groups in total. The number of amides is 1. The Morgan fingerprint density at radius 3 is 3.11 bits per heavy atom. The highest BCUT2D eigenvalue weighted by molar-refractivity contribution is 7.12. The average molecular weight is 279 g/mol. The summed E-state index contributed by atoms with van der Waals surface area (Å²) in [6.45, 7) is 4.42. The molecule has 0 aliphatic carbocycles. The number of rotatable bonds is 7. The van der Waals surface area contributed by atoms with Crippen molar-refractivity contribution < 1.29 is 9.53 Å². The fraction of sp³-hybridized carbons (Fsp3) is 0.385. The van der Waals surface area contributed by atoms with Crippen LogP contribution in [0.2, 0.25) is 0 Å². The number of nitrogens with zero attached hydrogens (tertiary/aromatic N) is 2. The molecule has 1 amide bonds. The van der Waals surface area contributed by atoms with Crippen LogP contribution >= 0.6 is 11.3 Å². The molecule has 2 heterocycles. The highest BCUT2D eigenvalue weighted by Gasteiger charge is 2.06. The van der Waals surface area contributed by atoms with Crippen molar-refractivity contribution in [2.75, 3.05) is 19.8 Å². The van der Waals surface area contributed by atoms with E-state index in [0.29, 0.717) is 19.8 Å². The lowest BCUT2D eigenvalue weighted by Gasteiger charge is -2.06. The first-order valence-corrected chi connectivity index (χ1v) is 7.00. The molecule has 102 valence electrons. The summed E-state index contributed by atoms with van der Waals surface area (Å²) >= 11 is 1.46. The lowest BCUT2D eigenvalue weighted by Crippen LogP contribution is -2.26. The van der Waals surface area contributed by atoms with Crippen LogP contribution < -0.4 is 5.32 Å². The summed E-state index contributed by atoms with van der Waals surface area (Å²) in [7, 11) is 0. The SMILES string of the molecule is Cc1csc(C(=O)NCCOCCn2ccnc2)c1. The smallest absolute Gasteiger partial charge is 0.261 e. The molecule has 6 heteroatoms. The molecule has 0 saturated carbocycles. The van der Waals surface area contributed by atoms with Gasteiger partial charge in [-0.05, 0) is 23.9 Å². The van der Waals surface area contributed by atoms with Crippen molar-refractivity contribution in [1.29, 1.82) is 0 Å². The van der Waals surface area contributed by atoms with Gasteiger partial charge in [0, 0.05) is 25.5 Å². The van der Waals surface area contributed by atoms with Crippen LogP contribution in [0.5, 0.6) is 0 Å². The van der Waals surface area contributed by atoms with E-state index >= 15 is 0 Å². The van der Waals surface area contributed by atoms with Crippen molar-refractivity contribution in [1.82, 2.24) is 14.9 Å². The monoisotopic (exact) mass is 279 g/mol. The van der Waals surface area contributed by atoms with E-state index in [0.717, 1.165) is 17.0 Å². The van der Waals surface area contributed by atoms with E-state index in [2.05, 4.69) is 10.3 Å². The lowest BCUT2D eigenvalue weighted by atomic mass is 10.3. The minimum atomic E-state index is -0.0312. The van der Waals surface area contributed by atoms with Crippen molar-refractivity contribution in [3.63, 3.8) is 0 Å². The normalized spacial score (nSPS) is 10.6. The minimum absolute atomic E-state index is 0.0312. The van der Waals surface area contributed by atoms with E-state index < -0.39 is 0 Å². The summed E-state index contributed by atoms with van der Waals surface area (Å²) in [4.78, 5) is 16.4. The molecule has 0 spiro atoms. The molecule has 0 aromatic carbocycles. The van der Waals surface area contributed by atoms with E-state index in [1.807, 2.05) is 29.1 Å². The summed E-state index contributed by atoms with van der Waals surface area (Å²) in [6.07, 6.45) is 5.39. The fourth-order valence-corrected chi connectivity index (χ4v) is 2.38. The van der Waals surface area contributed by atoms with Crippen LogP contribution in [-0.2, 0) is 11.3 Å². The Bertz CT molecular complexity index is 508. The quantitative estimate of drug-likeness (QED) is 0.785. The third kappa shape index (κ3) is 4.50. The average Bonchev–Trinajstić information content (AvgIpc) is 3.04. The molecule has 2 aromatic heterocycles. The van der Waals surface area contributed by atoms with Gasteiger partial charge < -0.3 is 14.6 Å². The van der Waals surface area contributed by atoms with Gasteiger partial charge in [-0.25, -0.2) is 4.98 Å². The summed E-state index contributed by atoms with van der Waals surface area (Å²) in [5.74, 6) is -0.0312. The Hall–Kier alpha value is -1.66. The van der Waals surface area contributed by atoms with Crippen molar-refractivity contribution in [3.8, 4) is 0 Å². The first kappa shape index (κ1) is 13.8. The molecule has 0 fully saturated rings. The summed E-state index contributed by atoms with van der Waals surface area (Å²) in [5, 5.41) is 4.80. The zero-order chi connectivity index (χ0) is 13.5. The Morgan fingerprint density at radius 1 is 1.53 bits per heavy atom. The van der Waals surface area contributed by atoms with Gasteiger partial charge in [-0.3, -0.25) is 4.79 Å². The molecular formula is C13H17N3O2S. The van der Waals surface area contributed by atoms with Gasteiger partial charge in [0.15, 0.2) is 0 Å². The van der Waals surface area contributed by atoms with Crippen molar-refractivity contribution in [2.24, 2.45) is 0 Å². The van der Waals surface area contributed by atoms with Gasteiger partial charge in [-0.1, -0.05) is 0 Å². The number of hydrogen-bond donors (Lipinski definition) is 1. The number of aryl methyl sites for hydroxylation is 1. The van der Waals surface area contributed by atoms with Crippen LogP contribution in [0.3, 0.4) is 0 Å². The highest BCUT2D eigenvalue weighted by Crippen LogP contribution is 2.12. The third-order valence-corrected chi connectivity index (χ3v) is 3.59. The predicted octanol–water partition coefficient (Wildman–Crippen LogP) is 1.70. The Labute approximate surface area is 116 Å². The Kier molecular flexibility index (Phi) is 5.11. The van der Waals surface area contributed by atoms with E-state index in [1.165, 1.54) is 11.3 Å². The number of thiophene rings is 1. The summed E-state index contributed by atoms with van der Waals surface area (Å²) < 4.78 is 7.39. The second-order valence-corrected chi connectivity index (χ2v) is 5.07. The standard InChI is InChI=1S/C13H17N3O2S/c1-11-8-12(19-9-11)13(17)15-3-6-18-7-5-16-4-2-14-10-16/h2,4,8-10H,3,5-7H2,1H3,(H,15,17). The zero-order valence-electron chi connectivity index (χ0n) is 10.8. The molecule has 19 heavy (non-hydrogen) atoms. The number of carbonyl (C=O) groups is 1. The van der Waals surface area contributed by atoms with Crippen molar-refractivity contribution >= 4 is 17.2 Å². The summed E-state index contributed by atoms with van der Waals surface area (Å²) in [6, 6.07) is 1.89. The lowest BCUT2D eigenvalue weighted by molar-refractivity contribution is 0.0912. The number of carbonyl (C=O) groups excluding carboxylic acids is 1. The molecule has 0 radical (unpaired) electrons. The molecule has 0 bridgehead atoms. The van der Waals surface area contributed by atoms with Crippen LogP contribution in [-0.4, -0.2) is 35.2 Å². The predicted molar refractivity (Wildman–Crippen MR) is 74.4 cm³/mol. The van der Waals surface area contributed by atoms with E-state index in [9.17, 15) is 4.79 Å². The van der Waals surface area contributed by atoms with Gasteiger partial charge in [0.2, 0.25) is 0 Å². The van der Waals surface area contributed by atoms with Crippen molar-refractivity contribution in [2.45, 2.75) is 13.5 Å². The first-order chi connectivity index (χ1) is 9.25. The number of aromatic nitrogens is 2. The van der Waals surface area contributed by atoms with Gasteiger partial charge in [-0.2, -0.15) is 0 Å². The van der Waals surface area contributed by atoms with Crippen LogP contribution in [0.25, 0.3) is 0 Å². The highest BCUT2D eigenvalue weighted by atomic mass is 32.1. The zero-order valence-corrected chi connectivity index (χ0v) is 11.7. The fourth-order valence-electron chi connectivity index (χ4n) is 1.57. The molecule has 0 saturated heterocycles. The minimum Gasteiger partial charge on any atom is -0.378 e. The van der Waals surface area contributed by atoms with Gasteiger partial charge in [0.1, 0.15) is 0 Å². The third-order valence-electron chi connectivity index (χ3n) is 2.54. The molecule has 2 aromatic rings. The van der Waals surface area contributed by atoms with Crippen LogP contribution in [0.15, 0.2) is 30.2 Å². The maximum absolute atomic E-state index is 11.7. The number of ether oxygens (including phenoxy) is 1. The maximum atomic E-state index is 11.7. The summed E-state index contributed by atoms with van der Waals surface area (Å²) in [5.41, 5.74) is 1.12. The second-order valence-electron chi connectivity index (χ2n) is 4.16. The number of imidazole rings is 1. The molecule has 0 atom stereocenters. The van der Waals surface area contributed by atoms with Gasteiger partial charge in [-0.15, -0.1) is 11.3 Å². The molecule has 0 aliphatic heterocycles. The van der Waals surface area contributed by atoms with E-state index in [-0.39, 0.29) is 5.91 Å². The van der Waals surface area contributed by atoms with Crippen LogP contribution in [0.4, 0.5) is 0 Å². The van der Waals surface area contributed by atoms with Crippen LogP contribution in [0, 0.1) is 6.92 Å². The van der Waals surface area contributed by atoms with Gasteiger partial charge in [0.25, 0.3) is 5.91 Å². The molecule has 2 rings (SSSR count). The molecule has 0 unspecified atom stereocenters. The number of hydrogen-bond acceptors (Lipinski definition) is 4. The Morgan fingerprint density at radius 2 is 2.42 bits per heavy atom. The molecule has 5 nitrogen and oxygen atoms in total. The van der Waals surface area contributed by atoms with Gasteiger partial charge >= 0.3 is 0 Å². The number of nitrogens with one attached hydrogen (secondary N) is 1.